The molecule has 0 saturated carbocycles. The van der Waals surface area contributed by atoms with Crippen LogP contribution < -0.4 is 11.1 Å². The Bertz CT molecular complexity index is 614. The third kappa shape index (κ3) is 3.24. The molecule has 0 fully saturated rings. The lowest BCUT2D eigenvalue weighted by Crippen LogP contribution is -2.14. The highest BCUT2D eigenvalue weighted by Gasteiger charge is 2.11. The number of hydrogen-bond donors (Lipinski definition) is 2. The molecule has 3 N–H and O–H groups in total. The van der Waals surface area contributed by atoms with Crippen LogP contribution in [-0.4, -0.2) is 11.2 Å². The van der Waals surface area contributed by atoms with Crippen molar-refractivity contribution in [2.45, 2.75) is 4.90 Å². The molecule has 2 aromatic carbocycles. The minimum absolute atomic E-state index is 0.0432. The predicted octanol–water partition coefficient (Wildman–Crippen LogP) is 3.93. The van der Waals surface area contributed by atoms with E-state index >= 15 is 0 Å². The number of thioether (sulfide) groups is 1. The maximum Gasteiger partial charge on any atom is 0.135 e. The summed E-state index contributed by atoms with van der Waals surface area (Å²) >= 11 is 6.54. The van der Waals surface area contributed by atoms with Gasteiger partial charge in [0.15, 0.2) is 0 Å². The van der Waals surface area contributed by atoms with Crippen LogP contribution in [0, 0.1) is 5.82 Å². The van der Waals surface area contributed by atoms with Gasteiger partial charge in [-0.25, -0.2) is 4.39 Å². The molecule has 2 nitrogen and oxygen atoms in total. The maximum absolute atomic E-state index is 13.7. The van der Waals surface area contributed by atoms with Crippen LogP contribution in [0.15, 0.2) is 47.4 Å². The largest absolute Gasteiger partial charge is 0.389 e. The standard InChI is InChI=1S/C14H13FN2S2/c1-19-10-5-2-4-9(8-10)17-12-7-3-6-11(15)13(12)14(16)18/h2-8,17H,1H3,(H2,16,18). The first-order chi connectivity index (χ1) is 9.11. The van der Waals surface area contributed by atoms with Gasteiger partial charge < -0.3 is 11.1 Å². The number of hydrogen-bond acceptors (Lipinski definition) is 3. The van der Waals surface area contributed by atoms with E-state index in [1.54, 1.807) is 23.9 Å². The highest BCUT2D eigenvalue weighted by molar-refractivity contribution is 7.98. The number of rotatable bonds is 4. The number of thiocarbonyl (C=S) groups is 1. The Labute approximate surface area is 121 Å². The molecular formula is C14H13FN2S2. The molecular weight excluding hydrogens is 279 g/mol. The van der Waals surface area contributed by atoms with Crippen LogP contribution in [0.4, 0.5) is 15.8 Å². The number of nitrogens with two attached hydrogens (primary N) is 1. The van der Waals surface area contributed by atoms with Gasteiger partial charge in [-0.3, -0.25) is 0 Å². The second kappa shape index (κ2) is 6.04. The quantitative estimate of drug-likeness (QED) is 0.661. The van der Waals surface area contributed by atoms with Gasteiger partial charge in [-0.05, 0) is 36.6 Å². The predicted molar refractivity (Wildman–Crippen MR) is 83.8 cm³/mol. The van der Waals surface area contributed by atoms with Crippen molar-refractivity contribution in [3.05, 3.63) is 53.8 Å². The molecule has 0 aliphatic heterocycles. The molecule has 98 valence electrons. The van der Waals surface area contributed by atoms with Gasteiger partial charge in [0.2, 0.25) is 0 Å². The van der Waals surface area contributed by atoms with Gasteiger partial charge in [0, 0.05) is 10.6 Å². The summed E-state index contributed by atoms with van der Waals surface area (Å²) in [6.45, 7) is 0. The minimum Gasteiger partial charge on any atom is -0.389 e. The summed E-state index contributed by atoms with van der Waals surface area (Å²) in [5.41, 5.74) is 7.26. The molecule has 0 amide bonds. The van der Waals surface area contributed by atoms with Crippen LogP contribution in [0.3, 0.4) is 0 Å². The van der Waals surface area contributed by atoms with E-state index in [9.17, 15) is 4.39 Å². The van der Waals surface area contributed by atoms with Crippen LogP contribution in [0.5, 0.6) is 0 Å². The Morgan fingerprint density at radius 3 is 2.68 bits per heavy atom. The van der Waals surface area contributed by atoms with Crippen molar-refractivity contribution < 1.29 is 4.39 Å². The first-order valence-electron chi connectivity index (χ1n) is 5.61. The average Bonchev–Trinajstić information content (AvgIpc) is 2.38. The third-order valence-electron chi connectivity index (χ3n) is 2.61. The van der Waals surface area contributed by atoms with Gasteiger partial charge in [-0.2, -0.15) is 0 Å². The van der Waals surface area contributed by atoms with Gasteiger partial charge in [-0.15, -0.1) is 11.8 Å². The molecule has 2 rings (SSSR count). The highest BCUT2D eigenvalue weighted by atomic mass is 32.2. The lowest BCUT2D eigenvalue weighted by atomic mass is 10.1. The molecule has 0 atom stereocenters. The van der Waals surface area contributed by atoms with Gasteiger partial charge >= 0.3 is 0 Å². The minimum atomic E-state index is -0.418. The van der Waals surface area contributed by atoms with Crippen molar-refractivity contribution in [1.29, 1.82) is 0 Å². The van der Waals surface area contributed by atoms with Gasteiger partial charge in [0.05, 0.1) is 11.3 Å². The third-order valence-corrected chi connectivity index (χ3v) is 3.54. The summed E-state index contributed by atoms with van der Waals surface area (Å²) in [6, 6.07) is 12.6. The normalized spacial score (nSPS) is 10.2. The fourth-order valence-corrected chi connectivity index (χ4v) is 2.40. The molecule has 0 aromatic heterocycles. The van der Waals surface area contributed by atoms with Crippen LogP contribution in [-0.2, 0) is 0 Å². The van der Waals surface area contributed by atoms with E-state index in [4.69, 9.17) is 18.0 Å². The molecule has 0 spiro atoms. The monoisotopic (exact) mass is 292 g/mol. The van der Waals surface area contributed by atoms with Gasteiger partial charge in [-0.1, -0.05) is 24.4 Å². The molecule has 0 bridgehead atoms. The molecule has 0 radical (unpaired) electrons. The second-order valence-corrected chi connectivity index (χ2v) is 5.20. The number of benzene rings is 2. The van der Waals surface area contributed by atoms with E-state index in [1.165, 1.54) is 6.07 Å². The Hall–Kier alpha value is -1.59. The van der Waals surface area contributed by atoms with E-state index in [2.05, 4.69) is 5.32 Å². The fraction of sp³-hybridized carbons (Fsp3) is 0.0714. The van der Waals surface area contributed by atoms with Crippen LogP contribution >= 0.6 is 24.0 Å². The van der Waals surface area contributed by atoms with Crippen molar-refractivity contribution in [2.75, 3.05) is 11.6 Å². The van der Waals surface area contributed by atoms with Gasteiger partial charge in [0.1, 0.15) is 10.8 Å². The SMILES string of the molecule is CSc1cccc(Nc2cccc(F)c2C(N)=S)c1. The van der Waals surface area contributed by atoms with Gasteiger partial charge in [0.25, 0.3) is 0 Å². The fourth-order valence-electron chi connectivity index (χ4n) is 1.74. The number of nitrogens with one attached hydrogen (secondary N) is 1. The van der Waals surface area contributed by atoms with Crippen molar-refractivity contribution in [2.24, 2.45) is 5.73 Å². The molecule has 0 saturated heterocycles. The molecule has 19 heavy (non-hydrogen) atoms. The summed E-state index contributed by atoms with van der Waals surface area (Å²) in [5.74, 6) is -0.418. The maximum atomic E-state index is 13.7. The Morgan fingerprint density at radius 2 is 2.00 bits per heavy atom. The zero-order valence-corrected chi connectivity index (χ0v) is 11.9. The number of anilines is 2. The average molecular weight is 292 g/mol. The summed E-state index contributed by atoms with van der Waals surface area (Å²) in [5, 5.41) is 3.15. The summed E-state index contributed by atoms with van der Waals surface area (Å²) < 4.78 is 13.7. The van der Waals surface area contributed by atoms with E-state index in [0.29, 0.717) is 5.69 Å². The molecule has 5 heteroatoms. The Morgan fingerprint density at radius 1 is 1.26 bits per heavy atom. The molecule has 0 unspecified atom stereocenters. The summed E-state index contributed by atoms with van der Waals surface area (Å²) in [7, 11) is 0. The smallest absolute Gasteiger partial charge is 0.135 e. The lowest BCUT2D eigenvalue weighted by Gasteiger charge is -2.12. The Balaban J connectivity index is 2.38. The second-order valence-electron chi connectivity index (χ2n) is 3.88. The lowest BCUT2D eigenvalue weighted by molar-refractivity contribution is 0.626. The zero-order valence-electron chi connectivity index (χ0n) is 10.3. The molecule has 0 heterocycles. The summed E-state index contributed by atoms with van der Waals surface area (Å²) in [6.07, 6.45) is 2.00. The molecule has 0 aliphatic rings. The van der Waals surface area contributed by atoms with Crippen LogP contribution in [0.2, 0.25) is 0 Å². The van der Waals surface area contributed by atoms with E-state index in [1.807, 2.05) is 30.5 Å². The summed E-state index contributed by atoms with van der Waals surface area (Å²) in [4.78, 5) is 1.17. The first kappa shape index (κ1) is 13.8. The topological polar surface area (TPSA) is 38.0 Å². The zero-order chi connectivity index (χ0) is 13.8. The van der Waals surface area contributed by atoms with Crippen LogP contribution in [0.25, 0.3) is 0 Å². The van der Waals surface area contributed by atoms with Crippen LogP contribution in [0.1, 0.15) is 5.56 Å². The van der Waals surface area contributed by atoms with Crippen molar-refractivity contribution in [3.8, 4) is 0 Å². The van der Waals surface area contributed by atoms with Crippen molar-refractivity contribution >= 4 is 40.3 Å². The Kier molecular flexibility index (Phi) is 4.39. The molecule has 0 aliphatic carbocycles. The van der Waals surface area contributed by atoms with E-state index in [0.717, 1.165) is 10.6 Å². The van der Waals surface area contributed by atoms with Crippen molar-refractivity contribution in [3.63, 3.8) is 0 Å². The molecule has 2 aromatic rings. The van der Waals surface area contributed by atoms with Crippen molar-refractivity contribution in [1.82, 2.24) is 0 Å². The highest BCUT2D eigenvalue weighted by Crippen LogP contribution is 2.25. The first-order valence-corrected chi connectivity index (χ1v) is 7.24. The van der Waals surface area contributed by atoms with E-state index in [-0.39, 0.29) is 10.6 Å². The van der Waals surface area contributed by atoms with E-state index < -0.39 is 5.82 Å². The number of halogens is 1.